The fraction of sp³-hybridized carbons (Fsp3) is 1.00. The molecule has 18 heavy (non-hydrogen) atoms. The molecule has 110 valence electrons. The molecule has 0 spiro atoms. The fourth-order valence-electron chi connectivity index (χ4n) is 1.27. The van der Waals surface area contributed by atoms with Crippen LogP contribution in [0, 0.1) is 0 Å². The van der Waals surface area contributed by atoms with Crippen LogP contribution in [0.25, 0.3) is 0 Å². The average Bonchev–Trinajstić information content (AvgIpc) is 2.27. The lowest BCUT2D eigenvalue weighted by atomic mass is 10.5. The van der Waals surface area contributed by atoms with Gasteiger partial charge in [-0.05, 0) is 27.2 Å². The summed E-state index contributed by atoms with van der Waals surface area (Å²) >= 11 is 0. The summed E-state index contributed by atoms with van der Waals surface area (Å²) < 4.78 is 45.2. The van der Waals surface area contributed by atoms with Gasteiger partial charge < -0.3 is 18.1 Å². The van der Waals surface area contributed by atoms with Crippen LogP contribution < -0.4 is 0 Å². The van der Waals surface area contributed by atoms with Gasteiger partial charge in [0.25, 0.3) is 0 Å². The Morgan fingerprint density at radius 3 is 1.44 bits per heavy atom. The average molecular weight is 302 g/mol. The first kappa shape index (κ1) is 18.3. The van der Waals surface area contributed by atoms with E-state index >= 15 is 0 Å². The van der Waals surface area contributed by atoms with Gasteiger partial charge in [-0.2, -0.15) is 0 Å². The minimum atomic E-state index is -3.43. The highest BCUT2D eigenvalue weighted by Gasteiger charge is 2.38. The van der Waals surface area contributed by atoms with Gasteiger partial charge in [0.05, 0.1) is 26.4 Å². The number of hydrogen-bond donors (Lipinski definition) is 0. The Kier molecular flexibility index (Phi) is 9.40. The standard InChI is InChI=1S/C10H24O6P2/c1-5-9-16-18(12,15-8-4)10-17(11,13-6-2)14-7-3/h5-10H2,1-4H3. The van der Waals surface area contributed by atoms with E-state index in [1.165, 1.54) is 0 Å². The number of hydrogen-bond acceptors (Lipinski definition) is 6. The van der Waals surface area contributed by atoms with Gasteiger partial charge in [0, 0.05) is 0 Å². The third-order valence-electron chi connectivity index (χ3n) is 1.82. The normalized spacial score (nSPS) is 15.6. The molecule has 0 bridgehead atoms. The minimum Gasteiger partial charge on any atom is -0.308 e. The van der Waals surface area contributed by atoms with Crippen LogP contribution in [-0.4, -0.2) is 32.3 Å². The third kappa shape index (κ3) is 7.03. The lowest BCUT2D eigenvalue weighted by molar-refractivity contribution is 0.202. The van der Waals surface area contributed by atoms with Crippen molar-refractivity contribution >= 4 is 15.2 Å². The highest BCUT2D eigenvalue weighted by atomic mass is 31.2. The zero-order valence-corrected chi connectivity index (χ0v) is 13.4. The zero-order valence-electron chi connectivity index (χ0n) is 11.6. The predicted molar refractivity (Wildman–Crippen MR) is 71.2 cm³/mol. The molecule has 0 aliphatic carbocycles. The molecule has 0 rings (SSSR count). The smallest absolute Gasteiger partial charge is 0.308 e. The van der Waals surface area contributed by atoms with E-state index < -0.39 is 15.2 Å². The summed E-state index contributed by atoms with van der Waals surface area (Å²) in [4.78, 5) is 0. The number of rotatable bonds is 11. The Bertz CT molecular complexity index is 297. The van der Waals surface area contributed by atoms with Gasteiger partial charge in [-0.1, -0.05) is 6.92 Å². The van der Waals surface area contributed by atoms with Gasteiger partial charge in [-0.15, -0.1) is 0 Å². The van der Waals surface area contributed by atoms with Gasteiger partial charge in [0.2, 0.25) is 0 Å². The van der Waals surface area contributed by atoms with Crippen LogP contribution in [0.4, 0.5) is 0 Å². The van der Waals surface area contributed by atoms with Crippen LogP contribution in [0.3, 0.4) is 0 Å². The summed E-state index contributed by atoms with van der Waals surface area (Å²) in [5, 5.41) is 0. The topological polar surface area (TPSA) is 71.1 Å². The van der Waals surface area contributed by atoms with E-state index in [1.807, 2.05) is 6.92 Å². The first-order valence-electron chi connectivity index (χ1n) is 6.21. The largest absolute Gasteiger partial charge is 0.342 e. The molecule has 8 heteroatoms. The molecule has 6 nitrogen and oxygen atoms in total. The van der Waals surface area contributed by atoms with E-state index in [2.05, 4.69) is 0 Å². The maximum atomic E-state index is 12.4. The molecular weight excluding hydrogens is 278 g/mol. The van der Waals surface area contributed by atoms with Crippen molar-refractivity contribution in [3.63, 3.8) is 0 Å². The Morgan fingerprint density at radius 1 is 0.722 bits per heavy atom. The fourth-order valence-corrected chi connectivity index (χ4v) is 6.06. The summed E-state index contributed by atoms with van der Waals surface area (Å²) in [7, 11) is -6.85. The molecule has 1 atom stereocenters. The first-order chi connectivity index (χ1) is 8.45. The van der Waals surface area contributed by atoms with Crippen molar-refractivity contribution < 1.29 is 27.2 Å². The summed E-state index contributed by atoms with van der Waals surface area (Å²) in [5.74, 6) is -0.338. The second-order valence-corrected chi connectivity index (χ2v) is 8.06. The predicted octanol–water partition coefficient (Wildman–Crippen LogP) is 3.87. The Labute approximate surface area is 109 Å². The van der Waals surface area contributed by atoms with E-state index in [0.29, 0.717) is 6.42 Å². The molecule has 0 radical (unpaired) electrons. The Hall–Kier alpha value is 0.300. The molecule has 0 saturated carbocycles. The van der Waals surface area contributed by atoms with Crippen molar-refractivity contribution in [2.45, 2.75) is 34.1 Å². The molecule has 0 aromatic rings. The van der Waals surface area contributed by atoms with Gasteiger partial charge in [-0.3, -0.25) is 9.13 Å². The summed E-state index contributed by atoms with van der Waals surface area (Å²) in [6.45, 7) is 7.94. The molecule has 0 aliphatic heterocycles. The highest BCUT2D eigenvalue weighted by molar-refractivity contribution is 7.71. The molecule has 0 N–H and O–H groups in total. The van der Waals surface area contributed by atoms with Crippen LogP contribution in [0.5, 0.6) is 0 Å². The SMILES string of the molecule is CCCOP(=O)(CP(=O)(OCC)OCC)OCC. The van der Waals surface area contributed by atoms with E-state index in [-0.39, 0.29) is 32.3 Å². The molecule has 0 aromatic heterocycles. The maximum absolute atomic E-state index is 12.4. The van der Waals surface area contributed by atoms with Gasteiger partial charge >= 0.3 is 15.2 Å². The quantitative estimate of drug-likeness (QED) is 0.540. The monoisotopic (exact) mass is 302 g/mol. The van der Waals surface area contributed by atoms with Gasteiger partial charge in [0.15, 0.2) is 5.90 Å². The van der Waals surface area contributed by atoms with E-state index in [0.717, 1.165) is 0 Å². The van der Waals surface area contributed by atoms with Crippen molar-refractivity contribution in [1.29, 1.82) is 0 Å². The van der Waals surface area contributed by atoms with E-state index in [4.69, 9.17) is 18.1 Å². The second kappa shape index (κ2) is 9.24. The van der Waals surface area contributed by atoms with E-state index in [1.54, 1.807) is 20.8 Å². The van der Waals surface area contributed by atoms with Crippen molar-refractivity contribution in [3.8, 4) is 0 Å². The van der Waals surface area contributed by atoms with Gasteiger partial charge in [0.1, 0.15) is 0 Å². The molecule has 0 saturated heterocycles. The van der Waals surface area contributed by atoms with Crippen molar-refractivity contribution in [1.82, 2.24) is 0 Å². The first-order valence-corrected chi connectivity index (χ1v) is 9.67. The van der Waals surface area contributed by atoms with Crippen LogP contribution in [0.1, 0.15) is 34.1 Å². The molecule has 1 unspecified atom stereocenters. The minimum absolute atomic E-state index is 0.219. The Morgan fingerprint density at radius 2 is 1.11 bits per heavy atom. The maximum Gasteiger partial charge on any atom is 0.342 e. The third-order valence-corrected chi connectivity index (χ3v) is 7.12. The second-order valence-electron chi connectivity index (χ2n) is 3.45. The van der Waals surface area contributed by atoms with Crippen molar-refractivity contribution in [2.75, 3.05) is 32.3 Å². The van der Waals surface area contributed by atoms with Crippen molar-refractivity contribution in [3.05, 3.63) is 0 Å². The molecule has 0 heterocycles. The lowest BCUT2D eigenvalue weighted by Gasteiger charge is -2.22. The lowest BCUT2D eigenvalue weighted by Crippen LogP contribution is -2.06. The molecule has 0 aromatic carbocycles. The zero-order chi connectivity index (χ0) is 14.1. The summed E-state index contributed by atoms with van der Waals surface area (Å²) in [6.07, 6.45) is 0.699. The molecular formula is C10H24O6P2. The Balaban J connectivity index is 4.79. The van der Waals surface area contributed by atoms with Crippen molar-refractivity contribution in [2.24, 2.45) is 0 Å². The molecule has 0 amide bonds. The van der Waals surface area contributed by atoms with E-state index in [9.17, 15) is 9.13 Å². The highest BCUT2D eigenvalue weighted by Crippen LogP contribution is 2.63. The summed E-state index contributed by atoms with van der Waals surface area (Å²) in [5.41, 5.74) is 0. The van der Waals surface area contributed by atoms with Crippen LogP contribution >= 0.6 is 15.2 Å². The summed E-state index contributed by atoms with van der Waals surface area (Å²) in [6, 6.07) is 0. The van der Waals surface area contributed by atoms with Gasteiger partial charge in [-0.25, -0.2) is 0 Å². The van der Waals surface area contributed by atoms with Crippen LogP contribution in [-0.2, 0) is 27.2 Å². The van der Waals surface area contributed by atoms with Crippen LogP contribution in [0.2, 0.25) is 0 Å². The molecule has 0 aliphatic rings. The molecule has 0 fully saturated rings. The van der Waals surface area contributed by atoms with Crippen LogP contribution in [0.15, 0.2) is 0 Å².